The van der Waals surface area contributed by atoms with Crippen molar-refractivity contribution in [2.24, 2.45) is 0 Å². The molecule has 2 aromatic rings. The highest BCUT2D eigenvalue weighted by atomic mass is 16.5. The van der Waals surface area contributed by atoms with Crippen molar-refractivity contribution in [1.82, 2.24) is 4.98 Å². The van der Waals surface area contributed by atoms with E-state index in [0.29, 0.717) is 6.42 Å². The van der Waals surface area contributed by atoms with E-state index in [1.807, 2.05) is 18.2 Å². The molecule has 0 N–H and O–H groups in total. The van der Waals surface area contributed by atoms with Crippen molar-refractivity contribution < 1.29 is 9.53 Å². The first-order chi connectivity index (χ1) is 8.29. The average molecular weight is 229 g/mol. The fourth-order valence-electron chi connectivity index (χ4n) is 1.82. The summed E-state index contributed by atoms with van der Waals surface area (Å²) < 4.78 is 4.61. The maximum Gasteiger partial charge on any atom is 0.305 e. The lowest BCUT2D eigenvalue weighted by Gasteiger charge is -2.03. The van der Waals surface area contributed by atoms with Crippen LogP contribution in [0.15, 0.2) is 36.5 Å². The quantitative estimate of drug-likeness (QED) is 0.757. The zero-order valence-corrected chi connectivity index (χ0v) is 9.85. The van der Waals surface area contributed by atoms with Crippen molar-refractivity contribution in [1.29, 1.82) is 0 Å². The molecule has 0 radical (unpaired) electrons. The van der Waals surface area contributed by atoms with E-state index in [1.165, 1.54) is 12.7 Å². The van der Waals surface area contributed by atoms with Crippen molar-refractivity contribution >= 4 is 16.9 Å². The van der Waals surface area contributed by atoms with E-state index < -0.39 is 0 Å². The second-order valence-corrected chi connectivity index (χ2v) is 3.96. The molecule has 0 atom stereocenters. The largest absolute Gasteiger partial charge is 0.469 e. The van der Waals surface area contributed by atoms with Gasteiger partial charge in [-0.25, -0.2) is 0 Å². The summed E-state index contributed by atoms with van der Waals surface area (Å²) in [6.45, 7) is 0. The number of fused-ring (bicyclic) bond motifs is 1. The molecular weight excluding hydrogens is 214 g/mol. The Kier molecular flexibility index (Phi) is 3.70. The first-order valence-corrected chi connectivity index (χ1v) is 5.70. The van der Waals surface area contributed by atoms with Crippen molar-refractivity contribution in [2.45, 2.75) is 19.3 Å². The van der Waals surface area contributed by atoms with Crippen molar-refractivity contribution in [3.63, 3.8) is 0 Å². The molecule has 3 nitrogen and oxygen atoms in total. The minimum absolute atomic E-state index is 0.146. The van der Waals surface area contributed by atoms with Crippen molar-refractivity contribution in [3.8, 4) is 0 Å². The Hall–Kier alpha value is -1.90. The molecule has 0 aliphatic rings. The average Bonchev–Trinajstić information content (AvgIpc) is 2.38. The van der Waals surface area contributed by atoms with Gasteiger partial charge in [-0.05, 0) is 36.6 Å². The number of aryl methyl sites for hydroxylation is 1. The third kappa shape index (κ3) is 3.03. The lowest BCUT2D eigenvalue weighted by Crippen LogP contribution is -2.00. The molecule has 1 aromatic carbocycles. The topological polar surface area (TPSA) is 39.2 Å². The molecular formula is C14H15NO2. The summed E-state index contributed by atoms with van der Waals surface area (Å²) in [5.41, 5.74) is 2.23. The fourth-order valence-corrected chi connectivity index (χ4v) is 1.82. The minimum Gasteiger partial charge on any atom is -0.469 e. The van der Waals surface area contributed by atoms with E-state index >= 15 is 0 Å². The van der Waals surface area contributed by atoms with E-state index in [4.69, 9.17) is 0 Å². The lowest BCUT2D eigenvalue weighted by atomic mass is 10.1. The maximum atomic E-state index is 11.0. The predicted molar refractivity (Wildman–Crippen MR) is 66.7 cm³/mol. The highest BCUT2D eigenvalue weighted by molar-refractivity contribution is 5.78. The first-order valence-electron chi connectivity index (χ1n) is 5.70. The van der Waals surface area contributed by atoms with Gasteiger partial charge in [-0.1, -0.05) is 12.1 Å². The van der Waals surface area contributed by atoms with Crippen LogP contribution in [0.25, 0.3) is 10.9 Å². The second kappa shape index (κ2) is 5.43. The number of aromatic nitrogens is 1. The molecule has 88 valence electrons. The Labute approximate surface area is 100 Å². The summed E-state index contributed by atoms with van der Waals surface area (Å²) in [7, 11) is 1.42. The number of hydrogen-bond donors (Lipinski definition) is 0. The van der Waals surface area contributed by atoms with Gasteiger partial charge in [-0.3, -0.25) is 9.78 Å². The predicted octanol–water partition coefficient (Wildman–Crippen LogP) is 2.73. The third-order valence-electron chi connectivity index (χ3n) is 2.74. The monoisotopic (exact) mass is 229 g/mol. The minimum atomic E-state index is -0.146. The SMILES string of the molecule is COC(=O)CCCc1ccc2ncccc2c1. The number of carbonyl (C=O) groups is 1. The van der Waals surface area contributed by atoms with E-state index in [-0.39, 0.29) is 5.97 Å². The fraction of sp³-hybridized carbons (Fsp3) is 0.286. The summed E-state index contributed by atoms with van der Waals surface area (Å²) >= 11 is 0. The molecule has 1 aromatic heterocycles. The summed E-state index contributed by atoms with van der Waals surface area (Å²) in [5.74, 6) is -0.146. The van der Waals surface area contributed by atoms with Gasteiger partial charge < -0.3 is 4.74 Å². The number of esters is 1. The molecule has 0 bridgehead atoms. The lowest BCUT2D eigenvalue weighted by molar-refractivity contribution is -0.140. The molecule has 0 amide bonds. The van der Waals surface area contributed by atoms with Crippen LogP contribution in [-0.2, 0) is 16.0 Å². The molecule has 0 fully saturated rings. The Bertz CT molecular complexity index is 522. The van der Waals surface area contributed by atoms with Crippen LogP contribution in [0.4, 0.5) is 0 Å². The van der Waals surface area contributed by atoms with E-state index in [0.717, 1.165) is 23.7 Å². The first kappa shape index (κ1) is 11.6. The molecule has 17 heavy (non-hydrogen) atoms. The van der Waals surface area contributed by atoms with Gasteiger partial charge in [0.2, 0.25) is 0 Å². The molecule has 2 rings (SSSR count). The Morgan fingerprint density at radius 1 is 1.35 bits per heavy atom. The van der Waals surface area contributed by atoms with Crippen LogP contribution in [0.1, 0.15) is 18.4 Å². The number of nitrogens with zero attached hydrogens (tertiary/aromatic N) is 1. The van der Waals surface area contributed by atoms with Crippen LogP contribution in [0.2, 0.25) is 0 Å². The van der Waals surface area contributed by atoms with Gasteiger partial charge in [0.1, 0.15) is 0 Å². The van der Waals surface area contributed by atoms with Crippen LogP contribution in [0.5, 0.6) is 0 Å². The van der Waals surface area contributed by atoms with Gasteiger partial charge in [0.05, 0.1) is 12.6 Å². The van der Waals surface area contributed by atoms with Crippen molar-refractivity contribution in [2.75, 3.05) is 7.11 Å². The number of carbonyl (C=O) groups excluding carboxylic acids is 1. The number of hydrogen-bond acceptors (Lipinski definition) is 3. The highest BCUT2D eigenvalue weighted by Crippen LogP contribution is 2.15. The molecule has 0 spiro atoms. The molecule has 3 heteroatoms. The smallest absolute Gasteiger partial charge is 0.305 e. The summed E-state index contributed by atoms with van der Waals surface area (Å²) in [6, 6.07) is 10.2. The normalized spacial score (nSPS) is 10.4. The van der Waals surface area contributed by atoms with Crippen LogP contribution < -0.4 is 0 Å². The van der Waals surface area contributed by atoms with Gasteiger partial charge in [0, 0.05) is 18.0 Å². The van der Waals surface area contributed by atoms with Crippen molar-refractivity contribution in [3.05, 3.63) is 42.1 Å². The van der Waals surface area contributed by atoms with E-state index in [1.54, 1.807) is 6.20 Å². The van der Waals surface area contributed by atoms with Gasteiger partial charge in [0.15, 0.2) is 0 Å². The number of rotatable bonds is 4. The van der Waals surface area contributed by atoms with Gasteiger partial charge >= 0.3 is 5.97 Å². The standard InChI is InChI=1S/C14H15NO2/c1-17-14(16)6-2-4-11-7-8-13-12(10-11)5-3-9-15-13/h3,5,7-10H,2,4,6H2,1H3. The maximum absolute atomic E-state index is 11.0. The van der Waals surface area contributed by atoms with Crippen LogP contribution in [-0.4, -0.2) is 18.1 Å². The van der Waals surface area contributed by atoms with Gasteiger partial charge in [-0.2, -0.15) is 0 Å². The second-order valence-electron chi connectivity index (χ2n) is 3.96. The number of methoxy groups -OCH3 is 1. The Morgan fingerprint density at radius 2 is 2.24 bits per heavy atom. The van der Waals surface area contributed by atoms with E-state index in [9.17, 15) is 4.79 Å². The third-order valence-corrected chi connectivity index (χ3v) is 2.74. The highest BCUT2D eigenvalue weighted by Gasteiger charge is 2.01. The zero-order valence-electron chi connectivity index (χ0n) is 9.85. The van der Waals surface area contributed by atoms with Gasteiger partial charge in [0.25, 0.3) is 0 Å². The summed E-state index contributed by atoms with van der Waals surface area (Å²) in [4.78, 5) is 15.3. The molecule has 0 aliphatic carbocycles. The number of pyridine rings is 1. The van der Waals surface area contributed by atoms with Crippen LogP contribution in [0.3, 0.4) is 0 Å². The summed E-state index contributed by atoms with van der Waals surface area (Å²) in [6.07, 6.45) is 3.97. The number of ether oxygens (including phenoxy) is 1. The molecule has 0 saturated carbocycles. The zero-order chi connectivity index (χ0) is 12.1. The molecule has 0 aliphatic heterocycles. The van der Waals surface area contributed by atoms with E-state index in [2.05, 4.69) is 21.9 Å². The van der Waals surface area contributed by atoms with Gasteiger partial charge in [-0.15, -0.1) is 0 Å². The number of benzene rings is 1. The molecule has 0 saturated heterocycles. The molecule has 0 unspecified atom stereocenters. The molecule has 1 heterocycles. The van der Waals surface area contributed by atoms with Crippen LogP contribution >= 0.6 is 0 Å². The summed E-state index contributed by atoms with van der Waals surface area (Å²) in [5, 5.41) is 1.14. The Balaban J connectivity index is 2.02. The van der Waals surface area contributed by atoms with Crippen LogP contribution in [0, 0.1) is 0 Å². The Morgan fingerprint density at radius 3 is 3.06 bits per heavy atom.